The van der Waals surface area contributed by atoms with Crippen molar-refractivity contribution in [2.45, 2.75) is 30.8 Å². The predicted molar refractivity (Wildman–Crippen MR) is 89.0 cm³/mol. The molecule has 0 saturated heterocycles. The second kappa shape index (κ2) is 7.54. The highest BCUT2D eigenvalue weighted by Crippen LogP contribution is 2.17. The molecule has 0 bridgehead atoms. The van der Waals surface area contributed by atoms with Gasteiger partial charge >= 0.3 is 0 Å². The summed E-state index contributed by atoms with van der Waals surface area (Å²) in [6.07, 6.45) is 0.971. The van der Waals surface area contributed by atoms with Crippen LogP contribution in [0.1, 0.15) is 30.5 Å². The maximum Gasteiger partial charge on any atom is 0.240 e. The van der Waals surface area contributed by atoms with Crippen LogP contribution in [0.2, 0.25) is 0 Å². The largest absolute Gasteiger partial charge is 0.306 e. The van der Waals surface area contributed by atoms with Crippen LogP contribution in [-0.4, -0.2) is 15.5 Å². The Morgan fingerprint density at radius 3 is 2.41 bits per heavy atom. The molecule has 0 aliphatic carbocycles. The number of hydrogen-bond donors (Lipinski definition) is 2. The quantitative estimate of drug-likeness (QED) is 0.825. The summed E-state index contributed by atoms with van der Waals surface area (Å²) in [7, 11) is -1.98. The fourth-order valence-electron chi connectivity index (χ4n) is 2.36. The fourth-order valence-corrected chi connectivity index (χ4v) is 3.16. The minimum atomic E-state index is -3.39. The lowest BCUT2D eigenvalue weighted by Crippen LogP contribution is -2.21. The molecule has 2 N–H and O–H groups in total. The van der Waals surface area contributed by atoms with Gasteiger partial charge in [-0.3, -0.25) is 0 Å². The number of benzene rings is 2. The minimum Gasteiger partial charge on any atom is -0.306 e. The molecule has 0 amide bonds. The summed E-state index contributed by atoms with van der Waals surface area (Å²) in [5, 5.41) is 3.48. The number of sulfonamides is 1. The first kappa shape index (κ1) is 16.7. The van der Waals surface area contributed by atoms with Gasteiger partial charge in [0, 0.05) is 12.6 Å². The summed E-state index contributed by atoms with van der Waals surface area (Å²) < 4.78 is 26.0. The Balaban J connectivity index is 2.10. The molecular formula is C17H22N2O2S. The smallest absolute Gasteiger partial charge is 0.240 e. The maximum absolute atomic E-state index is 11.8. The second-order valence-corrected chi connectivity index (χ2v) is 6.99. The van der Waals surface area contributed by atoms with Crippen LogP contribution >= 0.6 is 0 Å². The van der Waals surface area contributed by atoms with E-state index in [1.165, 1.54) is 12.6 Å². The molecule has 0 unspecified atom stereocenters. The van der Waals surface area contributed by atoms with Gasteiger partial charge in [-0.1, -0.05) is 49.4 Å². The van der Waals surface area contributed by atoms with Crippen LogP contribution < -0.4 is 10.0 Å². The van der Waals surface area contributed by atoms with Gasteiger partial charge in [-0.15, -0.1) is 0 Å². The molecule has 4 nitrogen and oxygen atoms in total. The van der Waals surface area contributed by atoms with Gasteiger partial charge in [-0.05, 0) is 36.7 Å². The van der Waals surface area contributed by atoms with Crippen molar-refractivity contribution < 1.29 is 8.42 Å². The highest BCUT2D eigenvalue weighted by molar-refractivity contribution is 7.89. The molecule has 0 saturated carbocycles. The van der Waals surface area contributed by atoms with E-state index in [1.54, 1.807) is 18.2 Å². The van der Waals surface area contributed by atoms with Gasteiger partial charge in [-0.25, -0.2) is 13.1 Å². The summed E-state index contributed by atoms with van der Waals surface area (Å²) in [4.78, 5) is 0.294. The van der Waals surface area contributed by atoms with Crippen molar-refractivity contribution in [3.05, 3.63) is 65.7 Å². The normalized spacial score (nSPS) is 13.0. The van der Waals surface area contributed by atoms with Gasteiger partial charge in [0.05, 0.1) is 4.90 Å². The monoisotopic (exact) mass is 318 g/mol. The molecule has 0 spiro atoms. The highest BCUT2D eigenvalue weighted by Gasteiger charge is 2.12. The summed E-state index contributed by atoms with van der Waals surface area (Å²) in [5.41, 5.74) is 2.19. The fraction of sp³-hybridized carbons (Fsp3) is 0.294. The molecule has 5 heteroatoms. The molecule has 0 fully saturated rings. The molecular weight excluding hydrogens is 296 g/mol. The molecule has 22 heavy (non-hydrogen) atoms. The predicted octanol–water partition coefficient (Wildman–Crippen LogP) is 2.84. The average Bonchev–Trinajstić information content (AvgIpc) is 2.57. The first-order chi connectivity index (χ1) is 10.6. The molecule has 0 radical (unpaired) electrons. The van der Waals surface area contributed by atoms with Crippen LogP contribution in [-0.2, 0) is 16.6 Å². The standard InChI is InChI=1S/C17H22N2O2S/c1-3-17(15-9-5-4-6-10-15)19-13-14-8-7-11-16(12-14)22(20,21)18-2/h4-12,17-19H,3,13H2,1-2H3/t17-/m0/s1. The zero-order valence-electron chi connectivity index (χ0n) is 12.9. The van der Waals surface area contributed by atoms with Crippen molar-refractivity contribution in [2.24, 2.45) is 0 Å². The van der Waals surface area contributed by atoms with Gasteiger partial charge in [0.2, 0.25) is 10.0 Å². The van der Waals surface area contributed by atoms with Gasteiger partial charge in [0.15, 0.2) is 0 Å². The van der Waals surface area contributed by atoms with Crippen molar-refractivity contribution >= 4 is 10.0 Å². The Bertz CT molecular complexity index is 700. The molecule has 0 heterocycles. The number of hydrogen-bond acceptors (Lipinski definition) is 3. The van der Waals surface area contributed by atoms with Gasteiger partial charge in [0.1, 0.15) is 0 Å². The minimum absolute atomic E-state index is 0.255. The molecule has 0 aliphatic heterocycles. The first-order valence-electron chi connectivity index (χ1n) is 7.37. The van der Waals surface area contributed by atoms with Crippen LogP contribution in [0.4, 0.5) is 0 Å². The Labute approximate surface area is 132 Å². The van der Waals surface area contributed by atoms with Crippen molar-refractivity contribution in [3.63, 3.8) is 0 Å². The van der Waals surface area contributed by atoms with Crippen LogP contribution in [0.15, 0.2) is 59.5 Å². The van der Waals surface area contributed by atoms with Crippen molar-refractivity contribution in [1.82, 2.24) is 10.0 Å². The third kappa shape index (κ3) is 4.16. The number of nitrogens with one attached hydrogen (secondary N) is 2. The lowest BCUT2D eigenvalue weighted by molar-refractivity contribution is 0.518. The third-order valence-corrected chi connectivity index (χ3v) is 5.05. The second-order valence-electron chi connectivity index (χ2n) is 5.11. The lowest BCUT2D eigenvalue weighted by atomic mass is 10.0. The molecule has 118 valence electrons. The summed E-state index contributed by atoms with van der Waals surface area (Å²) in [6, 6.07) is 17.5. The average molecular weight is 318 g/mol. The summed E-state index contributed by atoms with van der Waals surface area (Å²) in [5.74, 6) is 0. The van der Waals surface area contributed by atoms with E-state index in [-0.39, 0.29) is 6.04 Å². The van der Waals surface area contributed by atoms with Gasteiger partial charge in [-0.2, -0.15) is 0 Å². The van der Waals surface area contributed by atoms with Crippen molar-refractivity contribution in [1.29, 1.82) is 0 Å². The summed E-state index contributed by atoms with van der Waals surface area (Å²) in [6.45, 7) is 2.76. The van der Waals surface area contributed by atoms with Crippen LogP contribution in [0.25, 0.3) is 0 Å². The molecule has 2 aromatic carbocycles. The lowest BCUT2D eigenvalue weighted by Gasteiger charge is -2.17. The third-order valence-electron chi connectivity index (χ3n) is 3.64. The SMILES string of the molecule is CC[C@H](NCc1cccc(S(=O)(=O)NC)c1)c1ccccc1. The summed E-state index contributed by atoms with van der Waals surface area (Å²) >= 11 is 0. The van der Waals surface area contributed by atoms with Crippen molar-refractivity contribution in [3.8, 4) is 0 Å². The Morgan fingerprint density at radius 2 is 1.77 bits per heavy atom. The zero-order chi connectivity index (χ0) is 16.0. The highest BCUT2D eigenvalue weighted by atomic mass is 32.2. The van der Waals surface area contributed by atoms with Crippen LogP contribution in [0, 0.1) is 0 Å². The van der Waals surface area contributed by atoms with Crippen LogP contribution in [0.3, 0.4) is 0 Å². The molecule has 0 aliphatic rings. The van der Waals surface area contributed by atoms with E-state index >= 15 is 0 Å². The van der Waals surface area contributed by atoms with Crippen LogP contribution in [0.5, 0.6) is 0 Å². The molecule has 1 atom stereocenters. The van der Waals surface area contributed by atoms with E-state index in [0.717, 1.165) is 12.0 Å². The van der Waals surface area contributed by atoms with E-state index < -0.39 is 10.0 Å². The van der Waals surface area contributed by atoms with E-state index in [2.05, 4.69) is 29.1 Å². The van der Waals surface area contributed by atoms with E-state index in [4.69, 9.17) is 0 Å². The first-order valence-corrected chi connectivity index (χ1v) is 8.86. The van der Waals surface area contributed by atoms with Crippen molar-refractivity contribution in [2.75, 3.05) is 7.05 Å². The Hall–Kier alpha value is -1.69. The van der Waals surface area contributed by atoms with Gasteiger partial charge in [0.25, 0.3) is 0 Å². The Kier molecular flexibility index (Phi) is 5.71. The van der Waals surface area contributed by atoms with E-state index in [0.29, 0.717) is 11.4 Å². The topological polar surface area (TPSA) is 58.2 Å². The number of rotatable bonds is 7. The van der Waals surface area contributed by atoms with Gasteiger partial charge < -0.3 is 5.32 Å². The molecule has 2 rings (SSSR count). The van der Waals surface area contributed by atoms with E-state index in [1.807, 2.05) is 24.3 Å². The molecule has 0 aromatic heterocycles. The maximum atomic E-state index is 11.8. The Morgan fingerprint density at radius 1 is 1.05 bits per heavy atom. The van der Waals surface area contributed by atoms with E-state index in [9.17, 15) is 8.42 Å². The zero-order valence-corrected chi connectivity index (χ0v) is 13.7. The molecule has 2 aromatic rings.